The molecule has 15 heavy (non-hydrogen) atoms. The average Bonchev–Trinajstić information content (AvgIpc) is 2.38. The minimum atomic E-state index is 0.733. The first-order valence-electron chi connectivity index (χ1n) is 5.65. The van der Waals surface area contributed by atoms with E-state index >= 15 is 0 Å². The quantitative estimate of drug-likeness (QED) is 0.839. The molecule has 1 aromatic heterocycles. The number of thioether (sulfide) groups is 1. The van der Waals surface area contributed by atoms with Gasteiger partial charge in [0.15, 0.2) is 0 Å². The fourth-order valence-corrected chi connectivity index (χ4v) is 3.00. The molecule has 1 aliphatic heterocycles. The van der Waals surface area contributed by atoms with Crippen molar-refractivity contribution in [1.29, 1.82) is 0 Å². The predicted octanol–water partition coefficient (Wildman–Crippen LogP) is 2.53. The van der Waals surface area contributed by atoms with Crippen molar-refractivity contribution in [3.05, 3.63) is 5.69 Å². The zero-order valence-corrected chi connectivity index (χ0v) is 10.5. The van der Waals surface area contributed by atoms with Gasteiger partial charge in [-0.05, 0) is 12.3 Å². The maximum atomic E-state index is 4.58. The molecule has 2 rings (SSSR count). The third-order valence-electron chi connectivity index (χ3n) is 2.69. The van der Waals surface area contributed by atoms with Crippen molar-refractivity contribution in [2.75, 3.05) is 17.6 Å². The summed E-state index contributed by atoms with van der Waals surface area (Å²) in [5, 5.41) is 9.44. The summed E-state index contributed by atoms with van der Waals surface area (Å²) in [5.41, 5.74) is 2.52. The number of nitrogens with zero attached hydrogens (tertiary/aromatic N) is 2. The van der Waals surface area contributed by atoms with Crippen LogP contribution in [0.1, 0.15) is 26.0 Å². The van der Waals surface area contributed by atoms with Gasteiger partial charge in [-0.3, -0.25) is 4.68 Å². The summed E-state index contributed by atoms with van der Waals surface area (Å²) < 4.78 is 2.02. The molecule has 1 atom stereocenters. The molecule has 1 N–H and O–H groups in total. The van der Waals surface area contributed by atoms with E-state index in [-0.39, 0.29) is 0 Å². The van der Waals surface area contributed by atoms with Gasteiger partial charge in [0.25, 0.3) is 0 Å². The van der Waals surface area contributed by atoms with Crippen LogP contribution in [0, 0.1) is 5.92 Å². The van der Waals surface area contributed by atoms with Gasteiger partial charge in [-0.2, -0.15) is 5.10 Å². The first-order chi connectivity index (χ1) is 7.22. The van der Waals surface area contributed by atoms with Gasteiger partial charge in [0.05, 0.1) is 11.4 Å². The Morgan fingerprint density at radius 3 is 3.13 bits per heavy atom. The number of aryl methyl sites for hydroxylation is 2. The molecule has 0 saturated heterocycles. The highest BCUT2D eigenvalue weighted by Gasteiger charge is 2.20. The summed E-state index contributed by atoms with van der Waals surface area (Å²) in [7, 11) is 2.04. The van der Waals surface area contributed by atoms with E-state index in [1.807, 2.05) is 23.5 Å². The Morgan fingerprint density at radius 1 is 1.60 bits per heavy atom. The van der Waals surface area contributed by atoms with Crippen LogP contribution in [0.4, 0.5) is 5.69 Å². The zero-order chi connectivity index (χ0) is 10.8. The van der Waals surface area contributed by atoms with Gasteiger partial charge in [-0.15, -0.1) is 11.8 Å². The number of anilines is 1. The summed E-state index contributed by atoms with van der Waals surface area (Å²) in [4.78, 5) is 0. The summed E-state index contributed by atoms with van der Waals surface area (Å²) in [5.74, 6) is 1.92. The molecule has 0 aliphatic carbocycles. The number of fused-ring (bicyclic) bond motifs is 1. The number of hydrogen-bond acceptors (Lipinski definition) is 3. The van der Waals surface area contributed by atoms with Crippen LogP contribution in [-0.4, -0.2) is 22.1 Å². The largest absolute Gasteiger partial charge is 0.381 e. The lowest BCUT2D eigenvalue weighted by Gasteiger charge is -2.07. The summed E-state index contributed by atoms with van der Waals surface area (Å²) in [6, 6.07) is 0. The van der Waals surface area contributed by atoms with Crippen LogP contribution in [-0.2, 0) is 13.5 Å². The molecule has 4 heteroatoms. The van der Waals surface area contributed by atoms with E-state index in [2.05, 4.69) is 24.3 Å². The molecule has 3 nitrogen and oxygen atoms in total. The summed E-state index contributed by atoms with van der Waals surface area (Å²) >= 11 is 1.93. The van der Waals surface area contributed by atoms with E-state index < -0.39 is 0 Å². The monoisotopic (exact) mass is 225 g/mol. The van der Waals surface area contributed by atoms with Gasteiger partial charge in [-0.1, -0.05) is 20.3 Å². The molecule has 0 saturated carbocycles. The van der Waals surface area contributed by atoms with E-state index in [1.165, 1.54) is 22.2 Å². The van der Waals surface area contributed by atoms with Crippen molar-refractivity contribution < 1.29 is 0 Å². The number of hydrogen-bond donors (Lipinski definition) is 1. The van der Waals surface area contributed by atoms with Crippen LogP contribution in [0.5, 0.6) is 0 Å². The SMILES string of the molecule is CCCc1nn(C)c2c1NCC(C)CS2. The highest BCUT2D eigenvalue weighted by Crippen LogP contribution is 2.34. The zero-order valence-electron chi connectivity index (χ0n) is 9.71. The lowest BCUT2D eigenvalue weighted by molar-refractivity contribution is 0.678. The Bertz CT molecular complexity index is 346. The minimum absolute atomic E-state index is 0.733. The van der Waals surface area contributed by atoms with Crippen molar-refractivity contribution >= 4 is 17.4 Å². The fourth-order valence-electron chi connectivity index (χ4n) is 1.87. The molecule has 1 aliphatic rings. The second kappa shape index (κ2) is 4.47. The van der Waals surface area contributed by atoms with Gasteiger partial charge < -0.3 is 5.32 Å². The number of aromatic nitrogens is 2. The maximum absolute atomic E-state index is 4.58. The van der Waals surface area contributed by atoms with Crippen LogP contribution < -0.4 is 5.32 Å². The Balaban J connectivity index is 2.30. The van der Waals surface area contributed by atoms with Crippen LogP contribution in [0.25, 0.3) is 0 Å². The van der Waals surface area contributed by atoms with Gasteiger partial charge in [0.1, 0.15) is 5.03 Å². The standard InChI is InChI=1S/C11H19N3S/c1-4-5-9-10-11(14(3)13-9)15-7-8(2)6-12-10/h8,12H,4-7H2,1-3H3. The molecule has 1 aromatic rings. The third kappa shape index (κ3) is 2.14. The van der Waals surface area contributed by atoms with Crippen molar-refractivity contribution in [3.63, 3.8) is 0 Å². The fraction of sp³-hybridized carbons (Fsp3) is 0.727. The van der Waals surface area contributed by atoms with Crippen LogP contribution in [0.2, 0.25) is 0 Å². The molecular weight excluding hydrogens is 206 g/mol. The number of rotatable bonds is 2. The Labute approximate surface area is 95.6 Å². The topological polar surface area (TPSA) is 29.9 Å². The van der Waals surface area contributed by atoms with Crippen LogP contribution >= 0.6 is 11.8 Å². The molecule has 2 heterocycles. The van der Waals surface area contributed by atoms with E-state index in [4.69, 9.17) is 0 Å². The van der Waals surface area contributed by atoms with Gasteiger partial charge >= 0.3 is 0 Å². The van der Waals surface area contributed by atoms with Crippen molar-refractivity contribution in [1.82, 2.24) is 9.78 Å². The predicted molar refractivity (Wildman–Crippen MR) is 65.6 cm³/mol. The van der Waals surface area contributed by atoms with Crippen molar-refractivity contribution in [3.8, 4) is 0 Å². The molecule has 0 amide bonds. The summed E-state index contributed by atoms with van der Waals surface area (Å²) in [6.45, 7) is 5.56. The van der Waals surface area contributed by atoms with E-state index in [0.717, 1.165) is 25.3 Å². The van der Waals surface area contributed by atoms with Crippen molar-refractivity contribution in [2.45, 2.75) is 31.7 Å². The lowest BCUT2D eigenvalue weighted by atomic mass is 10.2. The van der Waals surface area contributed by atoms with Crippen molar-refractivity contribution in [2.24, 2.45) is 13.0 Å². The maximum Gasteiger partial charge on any atom is 0.117 e. The Morgan fingerprint density at radius 2 is 2.40 bits per heavy atom. The number of nitrogens with one attached hydrogen (secondary N) is 1. The molecule has 1 unspecified atom stereocenters. The molecule has 0 fully saturated rings. The van der Waals surface area contributed by atoms with Crippen LogP contribution in [0.3, 0.4) is 0 Å². The molecule has 0 radical (unpaired) electrons. The first-order valence-corrected chi connectivity index (χ1v) is 6.63. The van der Waals surface area contributed by atoms with Crippen LogP contribution in [0.15, 0.2) is 5.03 Å². The van der Waals surface area contributed by atoms with E-state index in [0.29, 0.717) is 0 Å². The van der Waals surface area contributed by atoms with E-state index in [9.17, 15) is 0 Å². The molecular formula is C11H19N3S. The average molecular weight is 225 g/mol. The Kier molecular flexibility index (Phi) is 3.24. The second-order valence-electron chi connectivity index (χ2n) is 4.30. The van der Waals surface area contributed by atoms with Gasteiger partial charge in [0.2, 0.25) is 0 Å². The van der Waals surface area contributed by atoms with Gasteiger partial charge in [-0.25, -0.2) is 0 Å². The minimum Gasteiger partial charge on any atom is -0.381 e. The molecule has 0 aromatic carbocycles. The van der Waals surface area contributed by atoms with E-state index in [1.54, 1.807) is 0 Å². The summed E-state index contributed by atoms with van der Waals surface area (Å²) in [6.07, 6.45) is 2.23. The molecule has 84 valence electrons. The highest BCUT2D eigenvalue weighted by molar-refractivity contribution is 7.99. The second-order valence-corrected chi connectivity index (χ2v) is 5.31. The highest BCUT2D eigenvalue weighted by atomic mass is 32.2. The van der Waals surface area contributed by atoms with Gasteiger partial charge in [0, 0.05) is 19.3 Å². The third-order valence-corrected chi connectivity index (χ3v) is 4.16. The molecule has 0 spiro atoms. The Hall–Kier alpha value is -0.640. The smallest absolute Gasteiger partial charge is 0.117 e. The molecule has 0 bridgehead atoms. The first kappa shape index (κ1) is 10.9. The lowest BCUT2D eigenvalue weighted by Crippen LogP contribution is -2.11. The normalized spacial score (nSPS) is 20.6.